The average Bonchev–Trinajstić information content (AvgIpc) is 2.81. The van der Waals surface area contributed by atoms with Crippen molar-refractivity contribution in [2.45, 2.75) is 13.0 Å². The highest BCUT2D eigenvalue weighted by atomic mass is 16.2. The number of aryl methyl sites for hydroxylation is 1. The molecule has 0 spiro atoms. The lowest BCUT2D eigenvalue weighted by Gasteiger charge is -2.06. The van der Waals surface area contributed by atoms with Crippen LogP contribution in [0.15, 0.2) is 53.5 Å². The van der Waals surface area contributed by atoms with Crippen LogP contribution < -0.4 is 11.0 Å². The zero-order valence-corrected chi connectivity index (χ0v) is 12.9. The van der Waals surface area contributed by atoms with Gasteiger partial charge in [-0.2, -0.15) is 0 Å². The number of imidazole rings is 1. The second-order valence-electron chi connectivity index (χ2n) is 5.34. The maximum absolute atomic E-state index is 12.3. The molecule has 23 heavy (non-hydrogen) atoms. The molecule has 0 aliphatic heterocycles. The topological polar surface area (TPSA) is 68.9 Å². The summed E-state index contributed by atoms with van der Waals surface area (Å²) in [4.78, 5) is 28.6. The van der Waals surface area contributed by atoms with E-state index in [1.54, 1.807) is 17.8 Å². The molecule has 1 amide bonds. The molecule has 3 aromatic rings. The Balaban J connectivity index is 1.67. The Labute approximate surface area is 133 Å². The van der Waals surface area contributed by atoms with E-state index in [4.69, 9.17) is 0 Å². The zero-order valence-electron chi connectivity index (χ0n) is 12.9. The van der Waals surface area contributed by atoms with Crippen molar-refractivity contribution in [2.24, 2.45) is 7.05 Å². The van der Waals surface area contributed by atoms with Crippen molar-refractivity contribution < 1.29 is 4.79 Å². The van der Waals surface area contributed by atoms with Crippen LogP contribution in [0.5, 0.6) is 0 Å². The van der Waals surface area contributed by atoms with E-state index in [2.05, 4.69) is 10.3 Å². The smallest absolute Gasteiger partial charge is 0.329 e. The summed E-state index contributed by atoms with van der Waals surface area (Å²) in [6.45, 7) is 0.512. The molecule has 0 radical (unpaired) electrons. The SMILES string of the molecule is Cn1c(=O)n(CC(=O)NCCc2ccccn2)c2ccccc21. The Morgan fingerprint density at radius 2 is 1.87 bits per heavy atom. The minimum atomic E-state index is -0.189. The third kappa shape index (κ3) is 3.15. The number of amides is 1. The van der Waals surface area contributed by atoms with Gasteiger partial charge in [-0.05, 0) is 24.3 Å². The van der Waals surface area contributed by atoms with E-state index < -0.39 is 0 Å². The van der Waals surface area contributed by atoms with E-state index in [0.717, 1.165) is 16.7 Å². The highest BCUT2D eigenvalue weighted by molar-refractivity contribution is 5.80. The van der Waals surface area contributed by atoms with Gasteiger partial charge in [-0.1, -0.05) is 18.2 Å². The van der Waals surface area contributed by atoms with Gasteiger partial charge in [0.1, 0.15) is 6.54 Å². The molecule has 0 saturated heterocycles. The van der Waals surface area contributed by atoms with Crippen LogP contribution in [0.4, 0.5) is 0 Å². The number of nitrogens with one attached hydrogen (secondary N) is 1. The third-order valence-corrected chi connectivity index (χ3v) is 3.78. The predicted octanol–water partition coefficient (Wildman–Crippen LogP) is 1.09. The summed E-state index contributed by atoms with van der Waals surface area (Å²) in [5.74, 6) is -0.181. The van der Waals surface area contributed by atoms with Gasteiger partial charge in [-0.3, -0.25) is 18.9 Å². The van der Waals surface area contributed by atoms with Gasteiger partial charge < -0.3 is 5.32 Å². The first-order chi connectivity index (χ1) is 11.2. The van der Waals surface area contributed by atoms with Gasteiger partial charge in [0.15, 0.2) is 0 Å². The van der Waals surface area contributed by atoms with E-state index in [1.807, 2.05) is 42.5 Å². The van der Waals surface area contributed by atoms with Crippen LogP contribution in [0.25, 0.3) is 11.0 Å². The summed E-state index contributed by atoms with van der Waals surface area (Å²) in [6, 6.07) is 13.1. The monoisotopic (exact) mass is 310 g/mol. The molecule has 0 aliphatic carbocycles. The van der Waals surface area contributed by atoms with Gasteiger partial charge in [0, 0.05) is 31.9 Å². The van der Waals surface area contributed by atoms with Crippen molar-refractivity contribution in [2.75, 3.05) is 6.54 Å². The summed E-state index contributed by atoms with van der Waals surface area (Å²) in [5.41, 5.74) is 2.32. The minimum absolute atomic E-state index is 0.0163. The molecular weight excluding hydrogens is 292 g/mol. The molecule has 0 unspecified atom stereocenters. The summed E-state index contributed by atoms with van der Waals surface area (Å²) in [5, 5.41) is 2.83. The van der Waals surface area contributed by atoms with Crippen LogP contribution in [0.2, 0.25) is 0 Å². The molecule has 6 heteroatoms. The average molecular weight is 310 g/mol. The molecule has 0 atom stereocenters. The van der Waals surface area contributed by atoms with E-state index in [-0.39, 0.29) is 18.1 Å². The highest BCUT2D eigenvalue weighted by Crippen LogP contribution is 2.11. The van der Waals surface area contributed by atoms with E-state index in [9.17, 15) is 9.59 Å². The van der Waals surface area contributed by atoms with Gasteiger partial charge in [0.2, 0.25) is 5.91 Å². The highest BCUT2D eigenvalue weighted by Gasteiger charge is 2.12. The number of pyridine rings is 1. The summed E-state index contributed by atoms with van der Waals surface area (Å²) in [7, 11) is 1.71. The molecule has 118 valence electrons. The molecule has 0 saturated carbocycles. The summed E-state index contributed by atoms with van der Waals surface area (Å²) < 4.78 is 3.04. The standard InChI is InChI=1S/C17H18N4O2/c1-20-14-7-2-3-8-15(14)21(17(20)23)12-16(22)19-11-9-13-6-4-5-10-18-13/h2-8,10H,9,11-12H2,1H3,(H,19,22). The molecule has 6 nitrogen and oxygen atoms in total. The van der Waals surface area contributed by atoms with E-state index in [0.29, 0.717) is 13.0 Å². The Morgan fingerprint density at radius 1 is 1.13 bits per heavy atom. The maximum atomic E-state index is 12.3. The number of hydrogen-bond acceptors (Lipinski definition) is 3. The van der Waals surface area contributed by atoms with Crippen LogP contribution >= 0.6 is 0 Å². The fourth-order valence-electron chi connectivity index (χ4n) is 2.59. The lowest BCUT2D eigenvalue weighted by molar-refractivity contribution is -0.121. The van der Waals surface area contributed by atoms with Crippen LogP contribution in [-0.2, 0) is 24.8 Å². The van der Waals surface area contributed by atoms with Gasteiger partial charge in [0.25, 0.3) is 0 Å². The zero-order chi connectivity index (χ0) is 16.2. The van der Waals surface area contributed by atoms with Gasteiger partial charge >= 0.3 is 5.69 Å². The Morgan fingerprint density at radius 3 is 2.61 bits per heavy atom. The van der Waals surface area contributed by atoms with Crippen LogP contribution in [0.1, 0.15) is 5.69 Å². The van der Waals surface area contributed by atoms with Gasteiger partial charge in [-0.25, -0.2) is 4.79 Å². The number of para-hydroxylation sites is 2. The fraction of sp³-hybridized carbons (Fsp3) is 0.235. The quantitative estimate of drug-likeness (QED) is 0.767. The molecular formula is C17H18N4O2. The van der Waals surface area contributed by atoms with Gasteiger partial charge in [-0.15, -0.1) is 0 Å². The first kappa shape index (κ1) is 15.0. The Hall–Kier alpha value is -2.89. The minimum Gasteiger partial charge on any atom is -0.354 e. The lowest BCUT2D eigenvalue weighted by atomic mass is 10.3. The number of nitrogens with zero attached hydrogens (tertiary/aromatic N) is 3. The number of fused-ring (bicyclic) bond motifs is 1. The number of carbonyl (C=O) groups excluding carboxylic acids is 1. The van der Waals surface area contributed by atoms with Crippen LogP contribution in [0.3, 0.4) is 0 Å². The van der Waals surface area contributed by atoms with Crippen molar-refractivity contribution in [1.82, 2.24) is 19.4 Å². The molecule has 2 aromatic heterocycles. The third-order valence-electron chi connectivity index (χ3n) is 3.78. The summed E-state index contributed by atoms with van der Waals surface area (Å²) in [6.07, 6.45) is 2.39. The van der Waals surface area contributed by atoms with Crippen molar-refractivity contribution >= 4 is 16.9 Å². The normalized spacial score (nSPS) is 10.8. The van der Waals surface area contributed by atoms with E-state index >= 15 is 0 Å². The summed E-state index contributed by atoms with van der Waals surface area (Å²) >= 11 is 0. The maximum Gasteiger partial charge on any atom is 0.329 e. The van der Waals surface area contributed by atoms with E-state index in [1.165, 1.54) is 4.57 Å². The van der Waals surface area contributed by atoms with Crippen molar-refractivity contribution in [3.05, 3.63) is 64.8 Å². The Kier molecular flexibility index (Phi) is 4.23. The van der Waals surface area contributed by atoms with Crippen LogP contribution in [0, 0.1) is 0 Å². The molecule has 0 aliphatic rings. The van der Waals surface area contributed by atoms with Crippen LogP contribution in [-0.4, -0.2) is 26.6 Å². The second kappa shape index (κ2) is 6.48. The first-order valence-electron chi connectivity index (χ1n) is 7.47. The number of aromatic nitrogens is 3. The lowest BCUT2D eigenvalue weighted by Crippen LogP contribution is -2.33. The molecule has 2 heterocycles. The predicted molar refractivity (Wildman–Crippen MR) is 88.1 cm³/mol. The first-order valence-corrected chi connectivity index (χ1v) is 7.47. The van der Waals surface area contributed by atoms with Crippen molar-refractivity contribution in [3.63, 3.8) is 0 Å². The number of benzene rings is 1. The molecule has 3 rings (SSSR count). The number of hydrogen-bond donors (Lipinski definition) is 1. The van der Waals surface area contributed by atoms with Gasteiger partial charge in [0.05, 0.1) is 11.0 Å². The molecule has 1 aromatic carbocycles. The fourth-order valence-corrected chi connectivity index (χ4v) is 2.59. The number of carbonyl (C=O) groups is 1. The van der Waals surface area contributed by atoms with Crippen molar-refractivity contribution in [3.8, 4) is 0 Å². The largest absolute Gasteiger partial charge is 0.354 e. The second-order valence-corrected chi connectivity index (χ2v) is 5.34. The Bertz CT molecular complexity index is 880. The molecule has 1 N–H and O–H groups in total. The molecule has 0 fully saturated rings. The van der Waals surface area contributed by atoms with Crippen molar-refractivity contribution in [1.29, 1.82) is 0 Å². The number of rotatable bonds is 5. The molecule has 0 bridgehead atoms.